The second-order valence-electron chi connectivity index (χ2n) is 5.12. The van der Waals surface area contributed by atoms with Crippen molar-refractivity contribution < 1.29 is 4.39 Å². The van der Waals surface area contributed by atoms with Gasteiger partial charge in [0.05, 0.1) is 20.4 Å². The Hall–Kier alpha value is -0.670. The number of nitrogens with zero attached hydrogens (tertiary/aromatic N) is 1. The predicted molar refractivity (Wildman–Crippen MR) is 80.4 cm³/mol. The van der Waals surface area contributed by atoms with Crippen LogP contribution < -0.4 is 0 Å². The molecule has 0 atom stereocenters. The first-order valence-electron chi connectivity index (χ1n) is 6.55. The summed E-state index contributed by atoms with van der Waals surface area (Å²) in [4.78, 5) is 4.69. The lowest BCUT2D eigenvalue weighted by Crippen LogP contribution is -2.01. The van der Waals surface area contributed by atoms with Crippen LogP contribution in [0.2, 0.25) is 5.02 Å². The first-order chi connectivity index (χ1) is 9.09. The molecule has 4 heteroatoms. The summed E-state index contributed by atoms with van der Waals surface area (Å²) in [5.41, 5.74) is 3.76. The molecular weight excluding hydrogens is 329 g/mol. The Morgan fingerprint density at radius 3 is 2.79 bits per heavy atom. The monoisotopic (exact) mass is 341 g/mol. The van der Waals surface area contributed by atoms with Crippen LogP contribution in [0, 0.1) is 12.7 Å². The van der Waals surface area contributed by atoms with Gasteiger partial charge in [0.15, 0.2) is 0 Å². The molecule has 0 bridgehead atoms. The van der Waals surface area contributed by atoms with Gasteiger partial charge in [-0.1, -0.05) is 18.0 Å². The number of aryl methyl sites for hydroxylation is 2. The van der Waals surface area contributed by atoms with Crippen molar-refractivity contribution in [3.05, 3.63) is 38.2 Å². The number of hydrogen-bond acceptors (Lipinski definition) is 1. The van der Waals surface area contributed by atoms with Crippen LogP contribution in [0.25, 0.3) is 10.9 Å². The molecule has 2 aromatic rings. The molecule has 0 saturated heterocycles. The zero-order chi connectivity index (χ0) is 13.6. The summed E-state index contributed by atoms with van der Waals surface area (Å²) in [5.74, 6) is -0.301. The maximum absolute atomic E-state index is 14.3. The Labute approximate surface area is 125 Å². The minimum atomic E-state index is -0.301. The molecule has 0 radical (unpaired) electrons. The van der Waals surface area contributed by atoms with Gasteiger partial charge >= 0.3 is 0 Å². The van der Waals surface area contributed by atoms with E-state index in [4.69, 9.17) is 16.6 Å². The Kier molecular flexibility index (Phi) is 3.52. The van der Waals surface area contributed by atoms with Crippen LogP contribution in [0.5, 0.6) is 0 Å². The Balaban J connectivity index is 2.41. The Morgan fingerprint density at radius 1 is 1.26 bits per heavy atom. The van der Waals surface area contributed by atoms with Crippen molar-refractivity contribution in [3.63, 3.8) is 0 Å². The molecule has 1 nitrogen and oxygen atoms in total. The SMILES string of the molecule is Cc1cc(Br)c(F)c2c(Cl)c3c(nc12)CCCCC3. The van der Waals surface area contributed by atoms with Gasteiger partial charge in [0.2, 0.25) is 0 Å². The highest BCUT2D eigenvalue weighted by molar-refractivity contribution is 9.10. The molecule has 19 heavy (non-hydrogen) atoms. The van der Waals surface area contributed by atoms with Gasteiger partial charge in [-0.3, -0.25) is 4.98 Å². The maximum atomic E-state index is 14.3. The van der Waals surface area contributed by atoms with Gasteiger partial charge < -0.3 is 0 Å². The van der Waals surface area contributed by atoms with Gasteiger partial charge in [-0.05, 0) is 65.7 Å². The van der Waals surface area contributed by atoms with Crippen LogP contribution >= 0.6 is 27.5 Å². The summed E-state index contributed by atoms with van der Waals surface area (Å²) in [6, 6.07) is 1.77. The smallest absolute Gasteiger partial charge is 0.148 e. The van der Waals surface area contributed by atoms with Crippen LogP contribution in [-0.2, 0) is 12.8 Å². The molecule has 0 saturated carbocycles. The van der Waals surface area contributed by atoms with Crippen molar-refractivity contribution >= 4 is 38.4 Å². The largest absolute Gasteiger partial charge is 0.252 e. The number of aromatic nitrogens is 1. The highest BCUT2D eigenvalue weighted by Crippen LogP contribution is 2.37. The molecule has 100 valence electrons. The van der Waals surface area contributed by atoms with Gasteiger partial charge in [-0.25, -0.2) is 4.39 Å². The average Bonchev–Trinajstić information content (AvgIpc) is 2.61. The van der Waals surface area contributed by atoms with Crippen LogP contribution in [0.3, 0.4) is 0 Å². The zero-order valence-corrected chi connectivity index (χ0v) is 13.0. The summed E-state index contributed by atoms with van der Waals surface area (Å²) in [7, 11) is 0. The van der Waals surface area contributed by atoms with Crippen LogP contribution in [-0.4, -0.2) is 4.98 Å². The summed E-state index contributed by atoms with van der Waals surface area (Å²) in [5, 5.41) is 1.03. The van der Waals surface area contributed by atoms with Gasteiger partial charge in [-0.2, -0.15) is 0 Å². The Bertz CT molecular complexity index is 669. The van der Waals surface area contributed by atoms with E-state index in [1.54, 1.807) is 6.07 Å². The van der Waals surface area contributed by atoms with Crippen LogP contribution in [0.15, 0.2) is 10.5 Å². The molecule has 1 aliphatic carbocycles. The van der Waals surface area contributed by atoms with Gasteiger partial charge in [0.25, 0.3) is 0 Å². The molecule has 0 aliphatic heterocycles. The topological polar surface area (TPSA) is 12.9 Å². The molecule has 3 rings (SSSR count). The van der Waals surface area contributed by atoms with E-state index in [0.717, 1.165) is 42.5 Å². The second-order valence-corrected chi connectivity index (χ2v) is 6.36. The number of hydrogen-bond donors (Lipinski definition) is 0. The Morgan fingerprint density at radius 2 is 2.00 bits per heavy atom. The third-order valence-electron chi connectivity index (χ3n) is 3.80. The third-order valence-corrected chi connectivity index (χ3v) is 4.80. The summed E-state index contributed by atoms with van der Waals surface area (Å²) in [6.07, 6.45) is 5.28. The molecule has 0 spiro atoms. The molecule has 1 aromatic carbocycles. The van der Waals surface area contributed by atoms with E-state index in [1.807, 2.05) is 6.92 Å². The number of benzene rings is 1. The van der Waals surface area contributed by atoms with Gasteiger partial charge in [-0.15, -0.1) is 0 Å². The fourth-order valence-electron chi connectivity index (χ4n) is 2.80. The predicted octanol–water partition coefficient (Wildman–Crippen LogP) is 5.37. The van der Waals surface area contributed by atoms with Crippen molar-refractivity contribution in [2.24, 2.45) is 0 Å². The van der Waals surface area contributed by atoms with E-state index < -0.39 is 0 Å². The first-order valence-corrected chi connectivity index (χ1v) is 7.72. The van der Waals surface area contributed by atoms with Crippen molar-refractivity contribution in [3.8, 4) is 0 Å². The molecule has 0 fully saturated rings. The number of pyridine rings is 1. The quantitative estimate of drug-likeness (QED) is 0.587. The minimum absolute atomic E-state index is 0.301. The van der Waals surface area contributed by atoms with E-state index >= 15 is 0 Å². The molecule has 1 aromatic heterocycles. The molecular formula is C15H14BrClFN. The van der Waals surface area contributed by atoms with E-state index in [9.17, 15) is 4.39 Å². The first kappa shape index (κ1) is 13.3. The van der Waals surface area contributed by atoms with Gasteiger partial charge in [0, 0.05) is 5.69 Å². The van der Waals surface area contributed by atoms with Gasteiger partial charge in [0.1, 0.15) is 5.82 Å². The highest BCUT2D eigenvalue weighted by atomic mass is 79.9. The van der Waals surface area contributed by atoms with Crippen molar-refractivity contribution in [1.29, 1.82) is 0 Å². The molecule has 0 amide bonds. The molecule has 1 aliphatic rings. The second kappa shape index (κ2) is 5.02. The molecule has 0 N–H and O–H groups in total. The van der Waals surface area contributed by atoms with E-state index in [-0.39, 0.29) is 5.82 Å². The van der Waals surface area contributed by atoms with E-state index in [1.165, 1.54) is 6.42 Å². The fourth-order valence-corrected chi connectivity index (χ4v) is 3.72. The van der Waals surface area contributed by atoms with Crippen molar-refractivity contribution in [2.45, 2.75) is 39.0 Å². The van der Waals surface area contributed by atoms with Crippen LogP contribution in [0.1, 0.15) is 36.1 Å². The lowest BCUT2D eigenvalue weighted by atomic mass is 10.0. The maximum Gasteiger partial charge on any atom is 0.148 e. The fraction of sp³-hybridized carbons (Fsp3) is 0.400. The van der Waals surface area contributed by atoms with E-state index in [2.05, 4.69) is 15.9 Å². The number of halogens is 3. The average molecular weight is 343 g/mol. The standard InChI is InChI=1S/C15H14BrClFN/c1-8-7-10(16)14(18)12-13(17)9-5-3-2-4-6-11(9)19-15(8)12/h7H,2-6H2,1H3. The van der Waals surface area contributed by atoms with Crippen molar-refractivity contribution in [1.82, 2.24) is 4.98 Å². The zero-order valence-electron chi connectivity index (χ0n) is 10.7. The number of rotatable bonds is 0. The minimum Gasteiger partial charge on any atom is -0.252 e. The van der Waals surface area contributed by atoms with Crippen molar-refractivity contribution in [2.75, 3.05) is 0 Å². The lowest BCUT2D eigenvalue weighted by Gasteiger charge is -2.13. The summed E-state index contributed by atoms with van der Waals surface area (Å²) in [6.45, 7) is 1.94. The number of fused-ring (bicyclic) bond motifs is 2. The third kappa shape index (κ3) is 2.17. The van der Waals surface area contributed by atoms with Crippen LogP contribution in [0.4, 0.5) is 4.39 Å². The summed E-state index contributed by atoms with van der Waals surface area (Å²) < 4.78 is 14.8. The molecule has 1 heterocycles. The molecule has 0 unspecified atom stereocenters. The lowest BCUT2D eigenvalue weighted by molar-refractivity contribution is 0.632. The normalized spacial score (nSPS) is 15.4. The summed E-state index contributed by atoms with van der Waals surface area (Å²) >= 11 is 9.73. The van der Waals surface area contributed by atoms with E-state index in [0.29, 0.717) is 20.4 Å². The highest BCUT2D eigenvalue weighted by Gasteiger charge is 2.20.